The molecule has 2 aromatic rings. The number of halogens is 3. The highest BCUT2D eigenvalue weighted by atomic mass is 79.9. The van der Waals surface area contributed by atoms with E-state index in [2.05, 4.69) is 21.2 Å². The van der Waals surface area contributed by atoms with Gasteiger partial charge in [0.15, 0.2) is 0 Å². The summed E-state index contributed by atoms with van der Waals surface area (Å²) in [5, 5.41) is 13.1. The van der Waals surface area contributed by atoms with Crippen molar-refractivity contribution in [1.29, 1.82) is 0 Å². The second-order valence-corrected chi connectivity index (χ2v) is 5.40. The Kier molecular flexibility index (Phi) is 4.80. The van der Waals surface area contributed by atoms with Crippen LogP contribution in [0.4, 0.5) is 10.1 Å². The third-order valence-corrected chi connectivity index (χ3v) is 3.45. The molecule has 0 aliphatic heterocycles. The molecular formula is C14H12BrClFNO. The van der Waals surface area contributed by atoms with E-state index in [-0.39, 0.29) is 12.4 Å². The van der Waals surface area contributed by atoms with Gasteiger partial charge in [0.2, 0.25) is 0 Å². The average Bonchev–Trinajstić information content (AvgIpc) is 2.39. The van der Waals surface area contributed by atoms with Crippen molar-refractivity contribution >= 4 is 33.2 Å². The third-order valence-electron chi connectivity index (χ3n) is 2.71. The lowest BCUT2D eigenvalue weighted by atomic mass is 10.1. The van der Waals surface area contributed by atoms with Crippen LogP contribution in [-0.2, 0) is 0 Å². The Morgan fingerprint density at radius 3 is 2.47 bits per heavy atom. The molecule has 100 valence electrons. The number of aliphatic hydroxyl groups excluding tert-OH is 1. The number of anilines is 1. The summed E-state index contributed by atoms with van der Waals surface area (Å²) >= 11 is 9.00. The zero-order valence-corrected chi connectivity index (χ0v) is 12.2. The van der Waals surface area contributed by atoms with Crippen LogP contribution in [0.1, 0.15) is 11.6 Å². The molecule has 0 saturated carbocycles. The number of benzene rings is 2. The molecule has 19 heavy (non-hydrogen) atoms. The van der Waals surface area contributed by atoms with Gasteiger partial charge in [-0.25, -0.2) is 4.39 Å². The molecule has 2 aromatic carbocycles. The molecule has 0 heterocycles. The molecule has 1 unspecified atom stereocenters. The average molecular weight is 345 g/mol. The standard InChI is InChI=1S/C14H12BrClFNO/c15-9-1-6-12(13(17)7-9)14(8-19)18-11-4-2-10(16)3-5-11/h1-7,14,18-19H,8H2. The van der Waals surface area contributed by atoms with Crippen molar-refractivity contribution < 1.29 is 9.50 Å². The van der Waals surface area contributed by atoms with Crippen LogP contribution in [0.3, 0.4) is 0 Å². The second-order valence-electron chi connectivity index (χ2n) is 4.05. The van der Waals surface area contributed by atoms with Crippen LogP contribution in [0, 0.1) is 5.82 Å². The minimum atomic E-state index is -0.505. The monoisotopic (exact) mass is 343 g/mol. The highest BCUT2D eigenvalue weighted by Crippen LogP contribution is 2.25. The Labute approximate surface area is 124 Å². The quantitative estimate of drug-likeness (QED) is 0.862. The SMILES string of the molecule is OCC(Nc1ccc(Cl)cc1)c1ccc(Br)cc1F. The smallest absolute Gasteiger partial charge is 0.129 e. The summed E-state index contributed by atoms with van der Waals surface area (Å²) < 4.78 is 14.5. The van der Waals surface area contributed by atoms with Crippen molar-refractivity contribution in [3.63, 3.8) is 0 Å². The molecule has 0 aromatic heterocycles. The van der Waals surface area contributed by atoms with Crippen molar-refractivity contribution in [2.45, 2.75) is 6.04 Å². The predicted molar refractivity (Wildman–Crippen MR) is 79.0 cm³/mol. The molecular weight excluding hydrogens is 333 g/mol. The van der Waals surface area contributed by atoms with E-state index in [1.807, 2.05) is 0 Å². The van der Waals surface area contributed by atoms with Gasteiger partial charge in [0.05, 0.1) is 12.6 Å². The normalized spacial score (nSPS) is 12.2. The number of nitrogens with one attached hydrogen (secondary N) is 1. The maximum Gasteiger partial charge on any atom is 0.129 e. The topological polar surface area (TPSA) is 32.3 Å². The van der Waals surface area contributed by atoms with Gasteiger partial charge in [-0.1, -0.05) is 33.6 Å². The molecule has 0 bridgehead atoms. The van der Waals surface area contributed by atoms with Gasteiger partial charge >= 0.3 is 0 Å². The summed E-state index contributed by atoms with van der Waals surface area (Å²) in [5.41, 5.74) is 1.19. The fraction of sp³-hybridized carbons (Fsp3) is 0.143. The van der Waals surface area contributed by atoms with Crippen molar-refractivity contribution in [2.24, 2.45) is 0 Å². The third kappa shape index (κ3) is 3.69. The van der Waals surface area contributed by atoms with E-state index < -0.39 is 6.04 Å². The lowest BCUT2D eigenvalue weighted by Crippen LogP contribution is -2.16. The van der Waals surface area contributed by atoms with Crippen molar-refractivity contribution in [3.05, 3.63) is 63.3 Å². The first kappa shape index (κ1) is 14.3. The van der Waals surface area contributed by atoms with Gasteiger partial charge in [-0.2, -0.15) is 0 Å². The van der Waals surface area contributed by atoms with Crippen LogP contribution >= 0.6 is 27.5 Å². The molecule has 0 radical (unpaired) electrons. The zero-order valence-electron chi connectivity index (χ0n) is 9.91. The van der Waals surface area contributed by atoms with E-state index in [4.69, 9.17) is 11.6 Å². The molecule has 0 fully saturated rings. The van der Waals surface area contributed by atoms with Crippen LogP contribution in [-0.4, -0.2) is 11.7 Å². The maximum absolute atomic E-state index is 13.9. The first-order valence-corrected chi connectivity index (χ1v) is 6.85. The zero-order chi connectivity index (χ0) is 13.8. The van der Waals surface area contributed by atoms with Gasteiger partial charge in [0.1, 0.15) is 5.82 Å². The van der Waals surface area contributed by atoms with Gasteiger partial charge in [-0.3, -0.25) is 0 Å². The summed E-state index contributed by atoms with van der Waals surface area (Å²) in [7, 11) is 0. The van der Waals surface area contributed by atoms with Crippen molar-refractivity contribution in [2.75, 3.05) is 11.9 Å². The van der Waals surface area contributed by atoms with E-state index in [0.29, 0.717) is 15.1 Å². The summed E-state index contributed by atoms with van der Waals surface area (Å²) in [6.07, 6.45) is 0. The first-order chi connectivity index (χ1) is 9.10. The van der Waals surface area contributed by atoms with E-state index in [1.165, 1.54) is 6.07 Å². The number of aliphatic hydroxyl groups is 1. The first-order valence-electron chi connectivity index (χ1n) is 5.68. The summed E-state index contributed by atoms with van der Waals surface area (Å²) in [4.78, 5) is 0. The van der Waals surface area contributed by atoms with Gasteiger partial charge in [-0.15, -0.1) is 0 Å². The molecule has 0 aliphatic carbocycles. The molecule has 2 N–H and O–H groups in total. The second kappa shape index (κ2) is 6.37. The van der Waals surface area contributed by atoms with E-state index >= 15 is 0 Å². The van der Waals surface area contributed by atoms with Crippen LogP contribution < -0.4 is 5.32 Å². The van der Waals surface area contributed by atoms with Gasteiger partial charge in [-0.05, 0) is 36.4 Å². The number of hydrogen-bond acceptors (Lipinski definition) is 2. The van der Waals surface area contributed by atoms with Gasteiger partial charge in [0.25, 0.3) is 0 Å². The Morgan fingerprint density at radius 1 is 1.21 bits per heavy atom. The van der Waals surface area contributed by atoms with Crippen molar-refractivity contribution in [3.8, 4) is 0 Å². The summed E-state index contributed by atoms with van der Waals surface area (Å²) in [6, 6.07) is 11.3. The number of hydrogen-bond donors (Lipinski definition) is 2. The van der Waals surface area contributed by atoms with Gasteiger partial charge < -0.3 is 10.4 Å². The summed E-state index contributed by atoms with van der Waals surface area (Å²) in [6.45, 7) is -0.207. The number of rotatable bonds is 4. The molecule has 0 saturated heterocycles. The maximum atomic E-state index is 13.9. The highest BCUT2D eigenvalue weighted by Gasteiger charge is 2.15. The highest BCUT2D eigenvalue weighted by molar-refractivity contribution is 9.10. The molecule has 0 spiro atoms. The molecule has 2 nitrogen and oxygen atoms in total. The molecule has 0 amide bonds. The van der Waals surface area contributed by atoms with Crippen LogP contribution in [0.15, 0.2) is 46.9 Å². The minimum absolute atomic E-state index is 0.207. The van der Waals surface area contributed by atoms with Crippen LogP contribution in [0.5, 0.6) is 0 Å². The molecule has 0 aliphatic rings. The van der Waals surface area contributed by atoms with E-state index in [1.54, 1.807) is 36.4 Å². The summed E-state index contributed by atoms with van der Waals surface area (Å²) in [5.74, 6) is -0.366. The van der Waals surface area contributed by atoms with Crippen molar-refractivity contribution in [1.82, 2.24) is 0 Å². The van der Waals surface area contributed by atoms with Gasteiger partial charge in [0, 0.05) is 20.7 Å². The van der Waals surface area contributed by atoms with Crippen LogP contribution in [0.25, 0.3) is 0 Å². The predicted octanol–water partition coefficient (Wildman–Crippen LogP) is 4.39. The lowest BCUT2D eigenvalue weighted by molar-refractivity contribution is 0.274. The Morgan fingerprint density at radius 2 is 1.89 bits per heavy atom. The lowest BCUT2D eigenvalue weighted by Gasteiger charge is -2.19. The minimum Gasteiger partial charge on any atom is -0.394 e. The Balaban J connectivity index is 2.22. The molecule has 2 rings (SSSR count). The Bertz CT molecular complexity index is 562. The largest absolute Gasteiger partial charge is 0.394 e. The Hall–Kier alpha value is -1.10. The van der Waals surface area contributed by atoms with E-state index in [9.17, 15) is 9.50 Å². The fourth-order valence-corrected chi connectivity index (χ4v) is 2.21. The van der Waals surface area contributed by atoms with Crippen LogP contribution in [0.2, 0.25) is 5.02 Å². The molecule has 5 heteroatoms. The van der Waals surface area contributed by atoms with E-state index in [0.717, 1.165) is 5.69 Å². The molecule has 1 atom stereocenters. The fourth-order valence-electron chi connectivity index (χ4n) is 1.75.